The van der Waals surface area contributed by atoms with Gasteiger partial charge in [0.2, 0.25) is 11.8 Å². The van der Waals surface area contributed by atoms with E-state index in [0.29, 0.717) is 61.3 Å². The Balaban J connectivity index is 0.000000216. The molecule has 6 heterocycles. The average molecular weight is 1060 g/mol. The van der Waals surface area contributed by atoms with E-state index in [2.05, 4.69) is 9.97 Å². The molecule has 0 spiro atoms. The molecule has 8 rings (SSSR count). The number of fused-ring (bicyclic) bond motifs is 2. The maximum atomic E-state index is 13.7. The zero-order valence-electron chi connectivity index (χ0n) is 40.8. The van der Waals surface area contributed by atoms with Crippen LogP contribution in [0.3, 0.4) is 0 Å². The first-order valence-corrected chi connectivity index (χ1v) is 23.5. The van der Waals surface area contributed by atoms with Gasteiger partial charge in [-0.05, 0) is 111 Å². The minimum atomic E-state index is -4.99. The topological polar surface area (TPSA) is 113 Å². The number of aryl methyl sites for hydroxylation is 2. The third-order valence-electron chi connectivity index (χ3n) is 14.4. The highest BCUT2D eigenvalue weighted by atomic mass is 19.4. The molecule has 2 aromatic carbocycles. The van der Waals surface area contributed by atoms with Gasteiger partial charge in [-0.1, -0.05) is 12.1 Å². The van der Waals surface area contributed by atoms with Crippen molar-refractivity contribution < 1.29 is 71.9 Å². The van der Waals surface area contributed by atoms with Crippen molar-refractivity contribution in [3.05, 3.63) is 129 Å². The molecule has 0 unspecified atom stereocenters. The molecule has 400 valence electrons. The minimum Gasteiger partial charge on any atom is -0.335 e. The highest BCUT2D eigenvalue weighted by Gasteiger charge is 2.49. The van der Waals surface area contributed by atoms with Crippen LogP contribution in [0.4, 0.5) is 62.3 Å². The van der Waals surface area contributed by atoms with E-state index in [1.54, 1.807) is 34.3 Å². The highest BCUT2D eigenvalue weighted by Crippen LogP contribution is 2.44. The zero-order chi connectivity index (χ0) is 54.6. The summed E-state index contributed by atoms with van der Waals surface area (Å²) >= 11 is 0. The molecule has 4 saturated heterocycles. The van der Waals surface area contributed by atoms with Crippen molar-refractivity contribution >= 4 is 23.9 Å². The maximum Gasteiger partial charge on any atom is 0.416 e. The number of carbonyl (C=O) groups is 4. The van der Waals surface area contributed by atoms with Crippen molar-refractivity contribution in [3.8, 4) is 0 Å². The van der Waals surface area contributed by atoms with E-state index >= 15 is 0 Å². The summed E-state index contributed by atoms with van der Waals surface area (Å²) in [5, 5.41) is 0. The van der Waals surface area contributed by atoms with E-state index in [1.165, 1.54) is 37.7 Å². The third-order valence-corrected chi connectivity index (χ3v) is 14.4. The molecule has 24 heteroatoms. The highest BCUT2D eigenvalue weighted by molar-refractivity contribution is 5.82. The second kappa shape index (κ2) is 20.6. The Labute approximate surface area is 417 Å². The molecule has 4 fully saturated rings. The summed E-state index contributed by atoms with van der Waals surface area (Å²) in [5.41, 5.74) is -3.55. The fourth-order valence-corrected chi connectivity index (χ4v) is 10.2. The van der Waals surface area contributed by atoms with Crippen molar-refractivity contribution in [1.82, 2.24) is 39.4 Å². The van der Waals surface area contributed by atoms with E-state index in [9.17, 15) is 71.9 Å². The van der Waals surface area contributed by atoms with Crippen LogP contribution in [-0.4, -0.2) is 116 Å². The van der Waals surface area contributed by atoms with Gasteiger partial charge < -0.3 is 29.4 Å². The number of amides is 6. The van der Waals surface area contributed by atoms with Crippen LogP contribution in [-0.2, 0) is 34.3 Å². The Morgan fingerprint density at radius 3 is 1.14 bits per heavy atom. The first kappa shape index (κ1) is 55.1. The van der Waals surface area contributed by atoms with Gasteiger partial charge in [-0.15, -0.1) is 0 Å². The molecule has 0 bridgehead atoms. The first-order chi connectivity index (χ1) is 34.4. The Bertz CT molecular complexity index is 2520. The largest absolute Gasteiger partial charge is 0.416 e. The van der Waals surface area contributed by atoms with Gasteiger partial charge in [-0.3, -0.25) is 19.6 Å². The number of aromatic nitrogens is 2. The van der Waals surface area contributed by atoms with Gasteiger partial charge in [-0.25, -0.2) is 9.59 Å². The van der Waals surface area contributed by atoms with Crippen molar-refractivity contribution in [1.29, 1.82) is 0 Å². The van der Waals surface area contributed by atoms with E-state index in [1.807, 2.05) is 26.0 Å². The summed E-state index contributed by atoms with van der Waals surface area (Å²) in [7, 11) is 2.68. The predicted molar refractivity (Wildman–Crippen MR) is 242 cm³/mol. The molecule has 74 heavy (non-hydrogen) atoms. The van der Waals surface area contributed by atoms with Crippen LogP contribution in [0.5, 0.6) is 0 Å². The second-order valence-corrected chi connectivity index (χ2v) is 18.9. The van der Waals surface area contributed by atoms with E-state index in [0.717, 1.165) is 20.9 Å². The number of piperazine rings is 2. The van der Waals surface area contributed by atoms with E-state index in [-0.39, 0.29) is 73.3 Å². The molecule has 2 aromatic heterocycles. The molecule has 0 aliphatic carbocycles. The number of nitrogens with zero attached hydrogens (tertiary/aromatic N) is 8. The van der Waals surface area contributed by atoms with Crippen LogP contribution in [0.15, 0.2) is 73.1 Å². The minimum absolute atomic E-state index is 0.0268. The summed E-state index contributed by atoms with van der Waals surface area (Å²) in [6.07, 6.45) is -15.2. The van der Waals surface area contributed by atoms with E-state index < -0.39 is 83.2 Å². The molecule has 0 saturated carbocycles. The van der Waals surface area contributed by atoms with Crippen LogP contribution >= 0.6 is 0 Å². The van der Waals surface area contributed by atoms with Gasteiger partial charge in [0.25, 0.3) is 0 Å². The number of urea groups is 2. The second-order valence-electron chi connectivity index (χ2n) is 18.9. The standard InChI is InChI=1S/2C25H26F6N4O2/c2*1-14-5-4-8-32-21(14)22-19-6-7-20(36)34(19)9-10-35(22)23(37)33(3)15(2)16-11-17(24(26,27)28)13-18(12-16)25(29,30)31/h2*4-5,8,11-13,15,19,22H,6-7,9-10H2,1-3H3/t15-,19+,22+;15-,19+,22-/m11/s1. The number of pyridine rings is 2. The maximum absolute atomic E-state index is 13.7. The lowest BCUT2D eigenvalue weighted by atomic mass is 9.94. The molecule has 4 aliphatic rings. The quantitative estimate of drug-likeness (QED) is 0.178. The molecule has 12 nitrogen and oxygen atoms in total. The molecule has 4 aliphatic heterocycles. The monoisotopic (exact) mass is 1060 g/mol. The molecule has 4 aromatic rings. The smallest absolute Gasteiger partial charge is 0.335 e. The fraction of sp³-hybridized carbons (Fsp3) is 0.480. The summed E-state index contributed by atoms with van der Waals surface area (Å²) in [4.78, 5) is 69.9. The zero-order valence-corrected chi connectivity index (χ0v) is 40.8. The van der Waals surface area contributed by atoms with Crippen molar-refractivity contribution in [3.63, 3.8) is 0 Å². The van der Waals surface area contributed by atoms with Gasteiger partial charge in [0.05, 0.1) is 69.9 Å². The Morgan fingerprint density at radius 2 is 0.851 bits per heavy atom. The lowest BCUT2D eigenvalue weighted by molar-refractivity contribution is -0.144. The Kier molecular flexibility index (Phi) is 15.3. The number of rotatable bonds is 6. The molecule has 6 amide bonds. The van der Waals surface area contributed by atoms with Crippen molar-refractivity contribution in [2.75, 3.05) is 40.3 Å². The van der Waals surface area contributed by atoms with Crippen LogP contribution in [0, 0.1) is 13.8 Å². The van der Waals surface area contributed by atoms with Gasteiger partial charge in [0, 0.05) is 65.5 Å². The fourth-order valence-electron chi connectivity index (χ4n) is 10.2. The van der Waals surface area contributed by atoms with Crippen LogP contribution in [0.1, 0.15) is 120 Å². The number of benzene rings is 2. The number of carbonyl (C=O) groups excluding carboxylic acids is 4. The summed E-state index contributed by atoms with van der Waals surface area (Å²) in [6.45, 7) is 7.27. The van der Waals surface area contributed by atoms with Crippen LogP contribution < -0.4 is 0 Å². The third kappa shape index (κ3) is 11.2. The SMILES string of the molecule is Cc1cccnc1[C@@H]1[C@@H]2CCC(=O)N2CCN1C(=O)N(C)[C@H](C)c1cc(C(F)(F)F)cc(C(F)(F)F)c1.Cc1cccnc1[C@H]1[C@@H]2CCC(=O)N2CCN1C(=O)N(C)[C@H](C)c1cc(C(F)(F)F)cc(C(F)(F)F)c1. The Hall–Kier alpha value is -6.62. The number of halogens is 12. The van der Waals surface area contributed by atoms with Crippen molar-refractivity contribution in [2.45, 2.75) is 114 Å². The predicted octanol–water partition coefficient (Wildman–Crippen LogP) is 11.2. The summed E-state index contributed by atoms with van der Waals surface area (Å²) in [6, 6.07) is 4.59. The Morgan fingerprint density at radius 1 is 0.541 bits per heavy atom. The average Bonchev–Trinajstić information content (AvgIpc) is 3.92. The number of hydrogen-bond donors (Lipinski definition) is 0. The molecular weight excluding hydrogens is 1000 g/mol. The van der Waals surface area contributed by atoms with Gasteiger partial charge in [0.15, 0.2) is 0 Å². The number of hydrogen-bond acceptors (Lipinski definition) is 6. The van der Waals surface area contributed by atoms with E-state index in [4.69, 9.17) is 0 Å². The molecular formula is C50H52F12N8O4. The summed E-state index contributed by atoms with van der Waals surface area (Å²) in [5.74, 6) is -0.0536. The van der Waals surface area contributed by atoms with Gasteiger partial charge >= 0.3 is 36.8 Å². The summed E-state index contributed by atoms with van der Waals surface area (Å²) < 4.78 is 161. The van der Waals surface area contributed by atoms with Gasteiger partial charge in [-0.2, -0.15) is 52.7 Å². The number of alkyl halides is 12. The first-order valence-electron chi connectivity index (χ1n) is 23.5. The molecule has 0 radical (unpaired) electrons. The normalized spacial score (nSPS) is 21.2. The van der Waals surface area contributed by atoms with Crippen LogP contribution in [0.25, 0.3) is 0 Å². The molecule has 6 atom stereocenters. The lowest BCUT2D eigenvalue weighted by Gasteiger charge is -2.46. The van der Waals surface area contributed by atoms with Gasteiger partial charge in [0.1, 0.15) is 0 Å². The van der Waals surface area contributed by atoms with Crippen LogP contribution in [0.2, 0.25) is 0 Å². The van der Waals surface area contributed by atoms with Crippen molar-refractivity contribution in [2.24, 2.45) is 0 Å². The lowest BCUT2D eigenvalue weighted by Crippen LogP contribution is -2.57. The molecule has 0 N–H and O–H groups in total.